The van der Waals surface area contributed by atoms with Crippen LogP contribution in [0.3, 0.4) is 0 Å². The van der Waals surface area contributed by atoms with Crippen LogP contribution in [0.2, 0.25) is 0 Å². The molecule has 3 nitrogen and oxygen atoms in total. The minimum atomic E-state index is 0.111. The Morgan fingerprint density at radius 3 is 2.72 bits per heavy atom. The average Bonchev–Trinajstić information content (AvgIpc) is 3.12. The standard InChI is InChI=1S/C15H21NO2/c1-11-3-6-14(17-2)13(7-11)15(9-18-10-15)8-16-12-4-5-12/h3,6-7,12,16H,4-5,8-10H2,1-2H3. The van der Waals surface area contributed by atoms with Crippen molar-refractivity contribution in [3.8, 4) is 5.75 Å². The Kier molecular flexibility index (Phi) is 3.04. The summed E-state index contributed by atoms with van der Waals surface area (Å²) >= 11 is 0. The number of ether oxygens (including phenoxy) is 2. The van der Waals surface area contributed by atoms with Gasteiger partial charge in [-0.15, -0.1) is 0 Å². The number of rotatable bonds is 5. The van der Waals surface area contributed by atoms with Gasteiger partial charge in [-0.3, -0.25) is 0 Å². The van der Waals surface area contributed by atoms with Crippen molar-refractivity contribution in [2.75, 3.05) is 26.9 Å². The zero-order valence-electron chi connectivity index (χ0n) is 11.2. The molecule has 98 valence electrons. The van der Waals surface area contributed by atoms with Crippen LogP contribution in [-0.2, 0) is 10.2 Å². The highest BCUT2D eigenvalue weighted by molar-refractivity contribution is 5.44. The fraction of sp³-hybridized carbons (Fsp3) is 0.600. The molecule has 2 aliphatic rings. The minimum absolute atomic E-state index is 0.111. The molecule has 0 atom stereocenters. The molecule has 0 amide bonds. The molecule has 2 fully saturated rings. The summed E-state index contributed by atoms with van der Waals surface area (Å²) in [6.45, 7) is 4.72. The molecule has 18 heavy (non-hydrogen) atoms. The van der Waals surface area contributed by atoms with E-state index in [9.17, 15) is 0 Å². The molecule has 3 rings (SSSR count). The van der Waals surface area contributed by atoms with Crippen molar-refractivity contribution in [2.45, 2.75) is 31.2 Å². The lowest BCUT2D eigenvalue weighted by atomic mass is 9.77. The summed E-state index contributed by atoms with van der Waals surface area (Å²) < 4.78 is 11.0. The quantitative estimate of drug-likeness (QED) is 0.863. The summed E-state index contributed by atoms with van der Waals surface area (Å²) in [5, 5.41) is 3.63. The van der Waals surface area contributed by atoms with Crippen LogP contribution < -0.4 is 10.1 Å². The number of hydrogen-bond donors (Lipinski definition) is 1. The monoisotopic (exact) mass is 247 g/mol. The van der Waals surface area contributed by atoms with Crippen molar-refractivity contribution in [1.82, 2.24) is 5.32 Å². The van der Waals surface area contributed by atoms with Gasteiger partial charge in [-0.2, -0.15) is 0 Å². The predicted octanol–water partition coefficient (Wildman–Crippen LogP) is 2.02. The SMILES string of the molecule is COc1ccc(C)cc1C1(CNC2CC2)COC1. The third-order valence-corrected chi connectivity index (χ3v) is 3.99. The highest BCUT2D eigenvalue weighted by Gasteiger charge is 2.43. The van der Waals surface area contributed by atoms with E-state index in [1.54, 1.807) is 7.11 Å². The second-order valence-electron chi connectivity index (χ2n) is 5.63. The molecule has 1 N–H and O–H groups in total. The lowest BCUT2D eigenvalue weighted by Crippen LogP contribution is -2.54. The van der Waals surface area contributed by atoms with E-state index in [0.717, 1.165) is 31.5 Å². The van der Waals surface area contributed by atoms with Crippen LogP contribution in [0.5, 0.6) is 5.75 Å². The van der Waals surface area contributed by atoms with Crippen LogP contribution in [0.1, 0.15) is 24.0 Å². The number of aryl methyl sites for hydroxylation is 1. The minimum Gasteiger partial charge on any atom is -0.496 e. The molecule has 1 aromatic rings. The maximum atomic E-state index is 5.52. The van der Waals surface area contributed by atoms with Gasteiger partial charge < -0.3 is 14.8 Å². The molecule has 0 spiro atoms. The normalized spacial score (nSPS) is 21.4. The highest BCUT2D eigenvalue weighted by Crippen LogP contribution is 2.38. The van der Waals surface area contributed by atoms with Crippen LogP contribution >= 0.6 is 0 Å². The van der Waals surface area contributed by atoms with E-state index in [-0.39, 0.29) is 5.41 Å². The predicted molar refractivity (Wildman–Crippen MR) is 71.3 cm³/mol. The van der Waals surface area contributed by atoms with E-state index in [1.165, 1.54) is 24.0 Å². The fourth-order valence-corrected chi connectivity index (χ4v) is 2.56. The first-order valence-electron chi connectivity index (χ1n) is 6.70. The number of hydrogen-bond acceptors (Lipinski definition) is 3. The van der Waals surface area contributed by atoms with Gasteiger partial charge in [-0.25, -0.2) is 0 Å². The third kappa shape index (κ3) is 2.13. The van der Waals surface area contributed by atoms with E-state index in [4.69, 9.17) is 9.47 Å². The molecule has 1 saturated carbocycles. The molecule has 1 aliphatic carbocycles. The Hall–Kier alpha value is -1.06. The van der Waals surface area contributed by atoms with Crippen LogP contribution in [0.25, 0.3) is 0 Å². The van der Waals surface area contributed by atoms with Gasteiger partial charge in [0.2, 0.25) is 0 Å². The van der Waals surface area contributed by atoms with Crippen molar-refractivity contribution >= 4 is 0 Å². The molecular weight excluding hydrogens is 226 g/mol. The van der Waals surface area contributed by atoms with Crippen LogP contribution in [-0.4, -0.2) is 32.9 Å². The molecule has 3 heteroatoms. The number of nitrogens with one attached hydrogen (secondary N) is 1. The topological polar surface area (TPSA) is 30.5 Å². The second kappa shape index (κ2) is 4.56. The van der Waals surface area contributed by atoms with Crippen LogP contribution in [0, 0.1) is 6.92 Å². The van der Waals surface area contributed by atoms with Gasteiger partial charge in [0.15, 0.2) is 0 Å². The average molecular weight is 247 g/mol. The van der Waals surface area contributed by atoms with Crippen molar-refractivity contribution in [3.05, 3.63) is 29.3 Å². The van der Waals surface area contributed by atoms with Gasteiger partial charge in [0.1, 0.15) is 5.75 Å². The fourth-order valence-electron chi connectivity index (χ4n) is 2.56. The maximum absolute atomic E-state index is 5.52. The van der Waals surface area contributed by atoms with Gasteiger partial charge >= 0.3 is 0 Å². The van der Waals surface area contributed by atoms with E-state index in [2.05, 4.69) is 30.4 Å². The molecule has 0 aromatic heterocycles. The van der Waals surface area contributed by atoms with Crippen molar-refractivity contribution < 1.29 is 9.47 Å². The smallest absolute Gasteiger partial charge is 0.122 e. The number of benzene rings is 1. The zero-order valence-corrected chi connectivity index (χ0v) is 11.2. The first kappa shape index (κ1) is 12.0. The van der Waals surface area contributed by atoms with E-state index < -0.39 is 0 Å². The van der Waals surface area contributed by atoms with E-state index in [0.29, 0.717) is 0 Å². The first-order valence-corrected chi connectivity index (χ1v) is 6.70. The van der Waals surface area contributed by atoms with Crippen LogP contribution in [0.15, 0.2) is 18.2 Å². The second-order valence-corrected chi connectivity index (χ2v) is 5.63. The summed E-state index contributed by atoms with van der Waals surface area (Å²) in [5.41, 5.74) is 2.69. The highest BCUT2D eigenvalue weighted by atomic mass is 16.5. The molecule has 1 aliphatic heterocycles. The maximum Gasteiger partial charge on any atom is 0.122 e. The van der Waals surface area contributed by atoms with Crippen LogP contribution in [0.4, 0.5) is 0 Å². The summed E-state index contributed by atoms with van der Waals surface area (Å²) in [5.74, 6) is 0.987. The Morgan fingerprint density at radius 2 is 2.17 bits per heavy atom. The van der Waals surface area contributed by atoms with Gasteiger partial charge in [-0.1, -0.05) is 17.7 Å². The largest absolute Gasteiger partial charge is 0.496 e. The lowest BCUT2D eigenvalue weighted by Gasteiger charge is -2.43. The zero-order chi connectivity index (χ0) is 12.6. The van der Waals surface area contributed by atoms with Gasteiger partial charge in [0.25, 0.3) is 0 Å². The molecule has 0 radical (unpaired) electrons. The molecular formula is C15H21NO2. The Balaban J connectivity index is 1.86. The summed E-state index contributed by atoms with van der Waals surface area (Å²) in [6.07, 6.45) is 2.64. The van der Waals surface area contributed by atoms with Gasteiger partial charge in [0, 0.05) is 18.2 Å². The number of methoxy groups -OCH3 is 1. The summed E-state index contributed by atoms with van der Waals surface area (Å²) in [6, 6.07) is 7.15. The Labute approximate surface area is 108 Å². The summed E-state index contributed by atoms with van der Waals surface area (Å²) in [7, 11) is 1.75. The molecule has 1 saturated heterocycles. The molecule has 1 aromatic carbocycles. The first-order chi connectivity index (χ1) is 8.73. The molecule has 0 bridgehead atoms. The Bertz CT molecular complexity index is 436. The van der Waals surface area contributed by atoms with Gasteiger partial charge in [-0.05, 0) is 25.8 Å². The van der Waals surface area contributed by atoms with E-state index >= 15 is 0 Å². The lowest BCUT2D eigenvalue weighted by molar-refractivity contribution is -0.0600. The summed E-state index contributed by atoms with van der Waals surface area (Å²) in [4.78, 5) is 0. The van der Waals surface area contributed by atoms with Gasteiger partial charge in [0.05, 0.1) is 25.7 Å². The van der Waals surface area contributed by atoms with E-state index in [1.807, 2.05) is 0 Å². The Morgan fingerprint density at radius 1 is 1.39 bits per heavy atom. The third-order valence-electron chi connectivity index (χ3n) is 3.99. The van der Waals surface area contributed by atoms with Crippen molar-refractivity contribution in [2.24, 2.45) is 0 Å². The van der Waals surface area contributed by atoms with Crippen molar-refractivity contribution in [3.63, 3.8) is 0 Å². The molecule has 0 unspecified atom stereocenters. The van der Waals surface area contributed by atoms with Crippen molar-refractivity contribution in [1.29, 1.82) is 0 Å². The molecule has 1 heterocycles.